The van der Waals surface area contributed by atoms with Gasteiger partial charge in [0.2, 0.25) is 0 Å². The summed E-state index contributed by atoms with van der Waals surface area (Å²) in [4.78, 5) is 21.8. The van der Waals surface area contributed by atoms with E-state index in [0.29, 0.717) is 12.8 Å². The van der Waals surface area contributed by atoms with Crippen LogP contribution in [0.1, 0.15) is 168 Å². The van der Waals surface area contributed by atoms with Crippen molar-refractivity contribution < 1.29 is 19.1 Å². The van der Waals surface area contributed by atoms with Gasteiger partial charge < -0.3 is 9.47 Å². The first-order valence-corrected chi connectivity index (χ1v) is 16.7. The van der Waals surface area contributed by atoms with Crippen molar-refractivity contribution in [1.29, 1.82) is 0 Å². The van der Waals surface area contributed by atoms with Gasteiger partial charge in [0.1, 0.15) is 0 Å². The van der Waals surface area contributed by atoms with Crippen molar-refractivity contribution in [2.45, 2.75) is 168 Å². The zero-order chi connectivity index (χ0) is 29.8. The summed E-state index contributed by atoms with van der Waals surface area (Å²) in [6, 6.07) is 0. The lowest BCUT2D eigenvalue weighted by Gasteiger charge is -2.03. The smallest absolute Gasteiger partial charge is 0.305 e. The quantitative estimate of drug-likeness (QED) is 0.0567. The van der Waals surface area contributed by atoms with Crippen molar-refractivity contribution in [2.24, 2.45) is 0 Å². The largest absolute Gasteiger partial charge is 0.469 e. The van der Waals surface area contributed by atoms with Gasteiger partial charge in [-0.2, -0.15) is 0 Å². The molecule has 0 amide bonds. The lowest BCUT2D eigenvalue weighted by molar-refractivity contribution is -0.141. The third kappa shape index (κ3) is 38.3. The average molecular weight is 563 g/mol. The van der Waals surface area contributed by atoms with Crippen molar-refractivity contribution >= 4 is 11.9 Å². The molecule has 0 rings (SSSR count). The maximum Gasteiger partial charge on any atom is 0.305 e. The van der Waals surface area contributed by atoms with Gasteiger partial charge in [0.25, 0.3) is 0 Å². The van der Waals surface area contributed by atoms with Gasteiger partial charge in [-0.1, -0.05) is 147 Å². The third-order valence-corrected chi connectivity index (χ3v) is 6.97. The van der Waals surface area contributed by atoms with Crippen LogP contribution < -0.4 is 0 Å². The summed E-state index contributed by atoms with van der Waals surface area (Å²) in [6.45, 7) is 4.42. The zero-order valence-corrected chi connectivity index (χ0v) is 27.1. The number of methoxy groups -OCH3 is 2. The molecule has 0 aliphatic rings. The van der Waals surface area contributed by atoms with Crippen molar-refractivity contribution in [1.82, 2.24) is 0 Å². The van der Waals surface area contributed by atoms with Crippen LogP contribution in [0.2, 0.25) is 0 Å². The van der Waals surface area contributed by atoms with E-state index in [1.54, 1.807) is 0 Å². The number of carbonyl (C=O) groups is 2. The second kappa shape index (κ2) is 37.2. The second-order valence-electron chi connectivity index (χ2n) is 10.7. The number of ether oxygens (including phenoxy) is 2. The van der Waals surface area contributed by atoms with Gasteiger partial charge in [-0.15, -0.1) is 0 Å². The van der Waals surface area contributed by atoms with Gasteiger partial charge in [0.15, 0.2) is 0 Å². The molecule has 0 aliphatic carbocycles. The summed E-state index contributed by atoms with van der Waals surface area (Å²) in [7, 11) is 2.91. The second-order valence-corrected chi connectivity index (χ2v) is 10.7. The minimum absolute atomic E-state index is 0.0666. The lowest BCUT2D eigenvalue weighted by Crippen LogP contribution is -1.99. The highest BCUT2D eigenvalue weighted by Gasteiger charge is 2.00. The van der Waals surface area contributed by atoms with Crippen molar-refractivity contribution in [2.75, 3.05) is 14.2 Å². The standard InChI is InChI=1S/C19H32O2.C17H34O2/c1-3-4-5-6-7-8-9-10-11-12-13-14-15-16-17-18-19(20)21-2;1-3-4-5-6-7-8-9-10-11-12-13-14-15-16-17(18)19-2/h4-5,7-8,10-11H,3,6,9,12-18H2,1-2H3;3-16H2,1-2H3/b5-4-,8-7-,11-10-;. The Morgan fingerprint density at radius 3 is 1.20 bits per heavy atom. The molecule has 0 fully saturated rings. The SMILES string of the molecule is CC/C=C\C/C=C\C/C=C\CCCCCCCC(=O)OC.CCCCCCCCCCCCCCCC(=O)OC. The molecular formula is C36H66O4. The van der Waals surface area contributed by atoms with Crippen molar-refractivity contribution in [3.63, 3.8) is 0 Å². The summed E-state index contributed by atoms with van der Waals surface area (Å²) in [5, 5.41) is 0. The fourth-order valence-corrected chi connectivity index (χ4v) is 4.38. The number of hydrogen-bond donors (Lipinski definition) is 0. The summed E-state index contributed by atoms with van der Waals surface area (Å²) in [5.41, 5.74) is 0. The van der Waals surface area contributed by atoms with Crippen LogP contribution in [0.25, 0.3) is 0 Å². The van der Waals surface area contributed by atoms with Crippen LogP contribution in [0, 0.1) is 0 Å². The Labute approximate surface area is 249 Å². The molecule has 4 heteroatoms. The number of esters is 2. The fraction of sp³-hybridized carbons (Fsp3) is 0.778. The van der Waals surface area contributed by atoms with E-state index in [-0.39, 0.29) is 11.9 Å². The van der Waals surface area contributed by atoms with Crippen LogP contribution in [0.15, 0.2) is 36.5 Å². The Bertz CT molecular complexity index is 606. The Morgan fingerprint density at radius 2 is 0.800 bits per heavy atom. The van der Waals surface area contributed by atoms with Gasteiger partial charge in [0.05, 0.1) is 14.2 Å². The Kier molecular flexibility index (Phi) is 37.4. The molecule has 0 radical (unpaired) electrons. The molecule has 0 aliphatic heterocycles. The van der Waals surface area contributed by atoms with Gasteiger partial charge in [-0.25, -0.2) is 0 Å². The van der Waals surface area contributed by atoms with E-state index in [2.05, 4.69) is 59.8 Å². The molecule has 0 unspecified atom stereocenters. The number of allylic oxidation sites excluding steroid dienone is 6. The molecule has 0 saturated heterocycles. The molecule has 234 valence electrons. The van der Waals surface area contributed by atoms with Crippen LogP contribution in [-0.2, 0) is 19.1 Å². The Hall–Kier alpha value is -1.84. The monoisotopic (exact) mass is 562 g/mol. The zero-order valence-electron chi connectivity index (χ0n) is 27.1. The minimum atomic E-state index is -0.0869. The maximum absolute atomic E-state index is 10.9. The van der Waals surface area contributed by atoms with Gasteiger partial charge in [-0.3, -0.25) is 9.59 Å². The van der Waals surface area contributed by atoms with Crippen molar-refractivity contribution in [3.8, 4) is 0 Å². The number of carbonyl (C=O) groups excluding carboxylic acids is 2. The van der Waals surface area contributed by atoms with E-state index in [9.17, 15) is 9.59 Å². The molecule has 0 heterocycles. The molecular weight excluding hydrogens is 496 g/mol. The lowest BCUT2D eigenvalue weighted by atomic mass is 10.0. The topological polar surface area (TPSA) is 52.6 Å². The number of hydrogen-bond acceptors (Lipinski definition) is 4. The first-order valence-electron chi connectivity index (χ1n) is 16.7. The fourth-order valence-electron chi connectivity index (χ4n) is 4.38. The van der Waals surface area contributed by atoms with Gasteiger partial charge in [-0.05, 0) is 44.9 Å². The number of unbranched alkanes of at least 4 members (excludes halogenated alkanes) is 17. The van der Waals surface area contributed by atoms with E-state index in [1.807, 2.05) is 0 Å². The van der Waals surface area contributed by atoms with Gasteiger partial charge >= 0.3 is 11.9 Å². The highest BCUT2D eigenvalue weighted by Crippen LogP contribution is 2.13. The van der Waals surface area contributed by atoms with E-state index in [4.69, 9.17) is 0 Å². The van der Waals surface area contributed by atoms with Crippen LogP contribution >= 0.6 is 0 Å². The van der Waals surface area contributed by atoms with Gasteiger partial charge in [0, 0.05) is 12.8 Å². The molecule has 0 atom stereocenters. The van der Waals surface area contributed by atoms with Crippen LogP contribution in [0.4, 0.5) is 0 Å². The van der Waals surface area contributed by atoms with E-state index in [1.165, 1.54) is 117 Å². The highest BCUT2D eigenvalue weighted by atomic mass is 16.5. The molecule has 40 heavy (non-hydrogen) atoms. The molecule has 4 nitrogen and oxygen atoms in total. The molecule has 0 bridgehead atoms. The van der Waals surface area contributed by atoms with E-state index in [0.717, 1.165) is 38.5 Å². The van der Waals surface area contributed by atoms with Crippen molar-refractivity contribution in [3.05, 3.63) is 36.5 Å². The Morgan fingerprint density at radius 1 is 0.450 bits per heavy atom. The summed E-state index contributed by atoms with van der Waals surface area (Å²) >= 11 is 0. The molecule has 0 aromatic rings. The summed E-state index contributed by atoms with van der Waals surface area (Å²) in [5.74, 6) is -0.153. The van der Waals surface area contributed by atoms with Crippen LogP contribution in [0.5, 0.6) is 0 Å². The van der Waals surface area contributed by atoms with Crippen LogP contribution in [-0.4, -0.2) is 26.2 Å². The number of rotatable bonds is 27. The van der Waals surface area contributed by atoms with E-state index < -0.39 is 0 Å². The minimum Gasteiger partial charge on any atom is -0.469 e. The first-order chi connectivity index (χ1) is 19.6. The molecule has 0 N–H and O–H groups in total. The maximum atomic E-state index is 10.9. The highest BCUT2D eigenvalue weighted by molar-refractivity contribution is 5.69. The Balaban J connectivity index is 0. The molecule has 0 aromatic carbocycles. The third-order valence-electron chi connectivity index (χ3n) is 6.97. The molecule has 0 saturated carbocycles. The average Bonchev–Trinajstić information content (AvgIpc) is 2.97. The first kappa shape index (κ1) is 40.3. The predicted molar refractivity (Wildman–Crippen MR) is 174 cm³/mol. The predicted octanol–water partition coefficient (Wildman–Crippen LogP) is 11.4. The molecule has 0 spiro atoms. The van der Waals surface area contributed by atoms with Crippen LogP contribution in [0.3, 0.4) is 0 Å². The normalized spacial score (nSPS) is 11.3. The summed E-state index contributed by atoms with van der Waals surface area (Å²) in [6.07, 6.45) is 42.1. The van der Waals surface area contributed by atoms with E-state index >= 15 is 0 Å². The summed E-state index contributed by atoms with van der Waals surface area (Å²) < 4.78 is 9.23. The molecule has 0 aromatic heterocycles.